The van der Waals surface area contributed by atoms with Gasteiger partial charge in [0.25, 0.3) is 0 Å². The highest BCUT2D eigenvalue weighted by Gasteiger charge is 2.55. The molecule has 0 saturated heterocycles. The standard InChI is InChI=1S/C18H12Cl2F3NOS/c1-10(16-24-14-4-2-3-5-15(14)26-16)9-17(25,18(21,22)23)11-6-12(19)8-13(20)7-11/h2-8,25H,1,9H2. The van der Waals surface area contributed by atoms with Gasteiger partial charge in [0.2, 0.25) is 0 Å². The van der Waals surface area contributed by atoms with E-state index in [0.717, 1.165) is 16.8 Å². The lowest BCUT2D eigenvalue weighted by Crippen LogP contribution is -2.42. The summed E-state index contributed by atoms with van der Waals surface area (Å²) in [6, 6.07) is 10.6. The molecule has 136 valence electrons. The smallest absolute Gasteiger partial charge is 0.376 e. The van der Waals surface area contributed by atoms with Gasteiger partial charge in [-0.25, -0.2) is 4.98 Å². The van der Waals surface area contributed by atoms with Gasteiger partial charge in [-0.1, -0.05) is 41.9 Å². The molecule has 8 heteroatoms. The average molecular weight is 418 g/mol. The van der Waals surface area contributed by atoms with E-state index in [2.05, 4.69) is 11.6 Å². The van der Waals surface area contributed by atoms with E-state index in [1.807, 2.05) is 12.1 Å². The van der Waals surface area contributed by atoms with Crippen LogP contribution in [0.15, 0.2) is 49.0 Å². The van der Waals surface area contributed by atoms with E-state index in [1.165, 1.54) is 17.4 Å². The predicted molar refractivity (Wildman–Crippen MR) is 99.7 cm³/mol. The molecule has 3 rings (SSSR count). The zero-order chi connectivity index (χ0) is 19.1. The van der Waals surface area contributed by atoms with Crippen molar-refractivity contribution in [3.05, 3.63) is 69.7 Å². The van der Waals surface area contributed by atoms with E-state index in [4.69, 9.17) is 23.2 Å². The maximum atomic E-state index is 13.7. The Balaban J connectivity index is 2.02. The molecule has 1 atom stereocenters. The van der Waals surface area contributed by atoms with Crippen LogP contribution in [0, 0.1) is 0 Å². The van der Waals surface area contributed by atoms with Crippen molar-refractivity contribution in [2.24, 2.45) is 0 Å². The first-order valence-corrected chi connectivity index (χ1v) is 8.97. The van der Waals surface area contributed by atoms with Crippen LogP contribution in [0.2, 0.25) is 10.0 Å². The van der Waals surface area contributed by atoms with Crippen molar-refractivity contribution in [3.63, 3.8) is 0 Å². The van der Waals surface area contributed by atoms with Gasteiger partial charge in [-0.05, 0) is 41.5 Å². The third-order valence-corrected chi connectivity index (χ3v) is 5.45. The lowest BCUT2D eigenvalue weighted by atomic mass is 9.87. The first kappa shape index (κ1) is 19.2. The number of aliphatic hydroxyl groups is 1. The minimum atomic E-state index is -4.96. The normalized spacial score (nSPS) is 14.4. The Bertz CT molecular complexity index is 933. The Morgan fingerprint density at radius 3 is 2.31 bits per heavy atom. The number of aromatic nitrogens is 1. The number of rotatable bonds is 4. The van der Waals surface area contributed by atoms with Gasteiger partial charge in [0.05, 0.1) is 10.2 Å². The van der Waals surface area contributed by atoms with E-state index in [1.54, 1.807) is 12.1 Å². The van der Waals surface area contributed by atoms with Gasteiger partial charge in [-0.15, -0.1) is 11.3 Å². The molecule has 0 aliphatic carbocycles. The quantitative estimate of drug-likeness (QED) is 0.528. The lowest BCUT2D eigenvalue weighted by molar-refractivity contribution is -0.264. The molecule has 3 aromatic rings. The fraction of sp³-hybridized carbons (Fsp3) is 0.167. The third-order valence-electron chi connectivity index (χ3n) is 3.87. The number of nitrogens with zero attached hydrogens (tertiary/aromatic N) is 1. The van der Waals surface area contributed by atoms with Crippen molar-refractivity contribution < 1.29 is 18.3 Å². The molecule has 0 saturated carbocycles. The highest BCUT2D eigenvalue weighted by molar-refractivity contribution is 7.19. The molecule has 0 spiro atoms. The second-order valence-electron chi connectivity index (χ2n) is 5.78. The van der Waals surface area contributed by atoms with E-state index in [9.17, 15) is 18.3 Å². The van der Waals surface area contributed by atoms with Crippen LogP contribution in [0.4, 0.5) is 13.2 Å². The molecule has 0 amide bonds. The molecule has 2 aromatic carbocycles. The Labute approximate surface area is 161 Å². The Morgan fingerprint density at radius 1 is 1.12 bits per heavy atom. The number of para-hydroxylation sites is 1. The predicted octanol–water partition coefficient (Wildman–Crippen LogP) is 6.46. The zero-order valence-corrected chi connectivity index (χ0v) is 15.5. The Hall–Kier alpha value is -1.60. The van der Waals surface area contributed by atoms with Gasteiger partial charge < -0.3 is 5.11 Å². The first-order chi connectivity index (χ1) is 12.1. The minimum absolute atomic E-state index is 0.000717. The van der Waals surface area contributed by atoms with Crippen LogP contribution >= 0.6 is 34.5 Å². The van der Waals surface area contributed by atoms with Gasteiger partial charge in [-0.3, -0.25) is 0 Å². The maximum Gasteiger partial charge on any atom is 0.421 e. The lowest BCUT2D eigenvalue weighted by Gasteiger charge is -2.31. The van der Waals surface area contributed by atoms with Crippen LogP contribution in [0.5, 0.6) is 0 Å². The van der Waals surface area contributed by atoms with E-state index in [0.29, 0.717) is 10.5 Å². The Morgan fingerprint density at radius 2 is 1.73 bits per heavy atom. The minimum Gasteiger partial charge on any atom is -0.376 e. The molecule has 2 nitrogen and oxygen atoms in total. The van der Waals surface area contributed by atoms with Crippen molar-refractivity contribution in [1.29, 1.82) is 0 Å². The first-order valence-electron chi connectivity index (χ1n) is 7.39. The summed E-state index contributed by atoms with van der Waals surface area (Å²) in [5.41, 5.74) is -2.89. The zero-order valence-electron chi connectivity index (χ0n) is 13.1. The van der Waals surface area contributed by atoms with Crippen molar-refractivity contribution in [2.45, 2.75) is 18.2 Å². The molecular formula is C18H12Cl2F3NOS. The number of hydrogen-bond donors (Lipinski definition) is 1. The van der Waals surface area contributed by atoms with Crippen LogP contribution in [0.3, 0.4) is 0 Å². The van der Waals surface area contributed by atoms with Crippen LogP contribution < -0.4 is 0 Å². The largest absolute Gasteiger partial charge is 0.421 e. The van der Waals surface area contributed by atoms with Crippen LogP contribution in [-0.2, 0) is 5.60 Å². The fourth-order valence-corrected chi connectivity index (χ4v) is 4.03. The molecule has 1 unspecified atom stereocenters. The number of thiazole rings is 1. The van der Waals surface area contributed by atoms with Gasteiger partial charge >= 0.3 is 6.18 Å². The summed E-state index contributed by atoms with van der Waals surface area (Å²) in [7, 11) is 0. The second kappa shape index (κ2) is 6.85. The molecule has 26 heavy (non-hydrogen) atoms. The van der Waals surface area contributed by atoms with Crippen molar-refractivity contribution in [2.75, 3.05) is 0 Å². The summed E-state index contributed by atoms with van der Waals surface area (Å²) in [6.45, 7) is 3.71. The monoisotopic (exact) mass is 417 g/mol. The van der Waals surface area contributed by atoms with Crippen molar-refractivity contribution in [1.82, 2.24) is 4.98 Å². The molecular weight excluding hydrogens is 406 g/mol. The van der Waals surface area contributed by atoms with E-state index in [-0.39, 0.29) is 15.6 Å². The highest BCUT2D eigenvalue weighted by Crippen LogP contribution is 2.46. The van der Waals surface area contributed by atoms with Gasteiger partial charge in [0.1, 0.15) is 5.01 Å². The van der Waals surface area contributed by atoms with Crippen LogP contribution in [0.1, 0.15) is 17.0 Å². The van der Waals surface area contributed by atoms with Crippen molar-refractivity contribution in [3.8, 4) is 0 Å². The fourth-order valence-electron chi connectivity index (χ4n) is 2.57. The molecule has 1 aromatic heterocycles. The molecule has 0 radical (unpaired) electrons. The van der Waals surface area contributed by atoms with Crippen molar-refractivity contribution >= 4 is 50.3 Å². The molecule has 1 heterocycles. The summed E-state index contributed by atoms with van der Waals surface area (Å²) in [5.74, 6) is 0. The number of hydrogen-bond acceptors (Lipinski definition) is 3. The summed E-state index contributed by atoms with van der Waals surface area (Å²) < 4.78 is 42.0. The Kier molecular flexibility index (Phi) is 5.05. The number of halogens is 5. The van der Waals surface area contributed by atoms with E-state index < -0.39 is 23.8 Å². The molecule has 0 aliphatic rings. The SMILES string of the molecule is C=C(CC(O)(c1cc(Cl)cc(Cl)c1)C(F)(F)F)c1nc2ccccc2s1. The molecule has 0 aliphatic heterocycles. The van der Waals surface area contributed by atoms with Gasteiger partial charge in [0.15, 0.2) is 5.60 Å². The molecule has 0 bridgehead atoms. The number of alkyl halides is 3. The summed E-state index contributed by atoms with van der Waals surface area (Å²) >= 11 is 12.9. The highest BCUT2D eigenvalue weighted by atomic mass is 35.5. The average Bonchev–Trinajstić information content (AvgIpc) is 2.97. The molecule has 1 N–H and O–H groups in total. The molecule has 0 fully saturated rings. The van der Waals surface area contributed by atoms with Gasteiger partial charge in [0, 0.05) is 16.5 Å². The summed E-state index contributed by atoms with van der Waals surface area (Å²) in [5, 5.41) is 10.9. The summed E-state index contributed by atoms with van der Waals surface area (Å²) in [4.78, 5) is 4.30. The third kappa shape index (κ3) is 3.60. The van der Waals surface area contributed by atoms with E-state index >= 15 is 0 Å². The topological polar surface area (TPSA) is 33.1 Å². The number of benzene rings is 2. The van der Waals surface area contributed by atoms with Gasteiger partial charge in [-0.2, -0.15) is 13.2 Å². The maximum absolute atomic E-state index is 13.7. The summed E-state index contributed by atoms with van der Waals surface area (Å²) in [6.07, 6.45) is -5.74. The van der Waals surface area contributed by atoms with Crippen LogP contribution in [0.25, 0.3) is 15.8 Å². The second-order valence-corrected chi connectivity index (χ2v) is 7.69. The van der Waals surface area contributed by atoms with Crippen LogP contribution in [-0.4, -0.2) is 16.3 Å². The number of fused-ring (bicyclic) bond motifs is 1.